The molecule has 1 fully saturated rings. The number of hydrogen-bond acceptors (Lipinski definition) is 9. The minimum Gasteiger partial charge on any atom is -0.383 e. The normalized spacial score (nSPS) is 12.6. The average Bonchev–Trinajstić information content (AvgIpc) is 3.57. The van der Waals surface area contributed by atoms with Gasteiger partial charge >= 0.3 is 0 Å². The van der Waals surface area contributed by atoms with E-state index in [9.17, 15) is 4.79 Å². The van der Waals surface area contributed by atoms with Gasteiger partial charge in [0.15, 0.2) is 17.8 Å². The third kappa shape index (κ3) is 9.23. The van der Waals surface area contributed by atoms with Crippen LogP contribution >= 0.6 is 0 Å². The molecular weight excluding hydrogens is 623 g/mol. The fraction of sp³-hybridized carbons (Fsp3) is 0.250. The first-order chi connectivity index (χ1) is 24.5. The molecule has 1 aliphatic rings. The molecule has 10 heteroatoms. The van der Waals surface area contributed by atoms with E-state index in [-0.39, 0.29) is 5.69 Å². The van der Waals surface area contributed by atoms with Crippen molar-refractivity contribution in [3.05, 3.63) is 120 Å². The van der Waals surface area contributed by atoms with E-state index >= 15 is 0 Å². The van der Waals surface area contributed by atoms with Gasteiger partial charge in [0.05, 0.1) is 11.3 Å². The lowest BCUT2D eigenvalue weighted by molar-refractivity contribution is 0.111. The molecule has 0 radical (unpaired) electrons. The van der Waals surface area contributed by atoms with Crippen LogP contribution < -0.4 is 5.73 Å². The number of likely N-dealkylation sites (N-methyl/N-ethyl adjacent to an activating group) is 1. The lowest BCUT2D eigenvalue weighted by Crippen LogP contribution is -2.43. The Kier molecular flexibility index (Phi) is 13.9. The molecule has 5 heterocycles. The second kappa shape index (κ2) is 18.7. The van der Waals surface area contributed by atoms with Crippen LogP contribution in [0.15, 0.2) is 103 Å². The number of piperazine rings is 1. The van der Waals surface area contributed by atoms with Gasteiger partial charge in [-0.05, 0) is 61.1 Å². The highest BCUT2D eigenvalue weighted by Crippen LogP contribution is 2.31. The molecule has 2 N–H and O–H groups in total. The SMILES string of the molecule is CC.CC.CN1CCN(Cc2ccc(-n3c(-c4cccnc4N)nc4ccc(-c5ccccc5)nc43)cc2)CC1.N#Cc1cccc(C=O)n1. The summed E-state index contributed by atoms with van der Waals surface area (Å²) >= 11 is 0. The molecule has 0 unspecified atom stereocenters. The van der Waals surface area contributed by atoms with Crippen molar-refractivity contribution in [3.8, 4) is 34.4 Å². The quantitative estimate of drug-likeness (QED) is 0.182. The van der Waals surface area contributed by atoms with Gasteiger partial charge in [-0.1, -0.05) is 76.2 Å². The predicted octanol–water partition coefficient (Wildman–Crippen LogP) is 7.30. The maximum Gasteiger partial charge on any atom is 0.168 e. The maximum absolute atomic E-state index is 10.1. The Hall–Kier alpha value is -5.76. The van der Waals surface area contributed by atoms with E-state index in [1.54, 1.807) is 24.4 Å². The Bertz CT molecular complexity index is 1990. The molecule has 2 aromatic carbocycles. The summed E-state index contributed by atoms with van der Waals surface area (Å²) in [5, 5.41) is 8.33. The van der Waals surface area contributed by atoms with Crippen LogP contribution in [0.2, 0.25) is 0 Å². The van der Waals surface area contributed by atoms with E-state index < -0.39 is 0 Å². The molecule has 0 spiro atoms. The van der Waals surface area contributed by atoms with Crippen LogP contribution in [-0.2, 0) is 6.54 Å². The summed E-state index contributed by atoms with van der Waals surface area (Å²) in [6.07, 6.45) is 2.31. The number of carbonyl (C=O) groups is 1. The van der Waals surface area contributed by atoms with Crippen molar-refractivity contribution in [2.75, 3.05) is 39.0 Å². The summed E-state index contributed by atoms with van der Waals surface area (Å²) in [6, 6.07) is 33.4. The number of anilines is 1. The molecule has 10 nitrogen and oxygen atoms in total. The number of rotatable bonds is 6. The minimum atomic E-state index is 0.268. The van der Waals surface area contributed by atoms with Crippen LogP contribution in [0.3, 0.4) is 0 Å². The number of pyridine rings is 3. The fourth-order valence-electron chi connectivity index (χ4n) is 5.35. The lowest BCUT2D eigenvalue weighted by atomic mass is 10.1. The number of nitrogens with zero attached hydrogens (tertiary/aromatic N) is 8. The fourth-order valence-corrected chi connectivity index (χ4v) is 5.35. The van der Waals surface area contributed by atoms with Crippen molar-refractivity contribution in [3.63, 3.8) is 0 Å². The largest absolute Gasteiger partial charge is 0.383 e. The summed E-state index contributed by atoms with van der Waals surface area (Å²) in [4.78, 5) is 33.0. The van der Waals surface area contributed by atoms with Gasteiger partial charge in [0.25, 0.3) is 0 Å². The summed E-state index contributed by atoms with van der Waals surface area (Å²) in [7, 11) is 2.19. The second-order valence-electron chi connectivity index (χ2n) is 11.0. The summed E-state index contributed by atoms with van der Waals surface area (Å²) in [5.74, 6) is 1.18. The highest BCUT2D eigenvalue weighted by Gasteiger charge is 2.19. The minimum absolute atomic E-state index is 0.268. The van der Waals surface area contributed by atoms with Gasteiger partial charge in [0.1, 0.15) is 28.8 Å². The van der Waals surface area contributed by atoms with E-state index in [1.165, 1.54) is 5.56 Å². The van der Waals surface area contributed by atoms with E-state index in [2.05, 4.69) is 67.8 Å². The molecule has 50 heavy (non-hydrogen) atoms. The lowest BCUT2D eigenvalue weighted by Gasteiger charge is -2.32. The van der Waals surface area contributed by atoms with E-state index in [0.717, 1.165) is 72.2 Å². The number of nitrogen functional groups attached to an aromatic ring is 1. The molecule has 256 valence electrons. The van der Waals surface area contributed by atoms with Crippen LogP contribution in [0.5, 0.6) is 0 Å². The first kappa shape index (κ1) is 37.1. The van der Waals surface area contributed by atoms with Crippen LogP contribution in [0, 0.1) is 11.3 Å². The smallest absolute Gasteiger partial charge is 0.168 e. The van der Waals surface area contributed by atoms with Gasteiger partial charge < -0.3 is 10.6 Å². The van der Waals surface area contributed by atoms with E-state index in [0.29, 0.717) is 17.8 Å². The average molecular weight is 668 g/mol. The van der Waals surface area contributed by atoms with Crippen molar-refractivity contribution in [2.45, 2.75) is 34.2 Å². The Balaban J connectivity index is 0.000000341. The Morgan fingerprint density at radius 3 is 2.18 bits per heavy atom. The van der Waals surface area contributed by atoms with Crippen molar-refractivity contribution >= 4 is 23.3 Å². The second-order valence-corrected chi connectivity index (χ2v) is 11.0. The summed E-state index contributed by atoms with van der Waals surface area (Å²) in [5.41, 5.74) is 13.5. The highest BCUT2D eigenvalue weighted by molar-refractivity contribution is 5.84. The zero-order valence-electron chi connectivity index (χ0n) is 29.5. The van der Waals surface area contributed by atoms with Gasteiger partial charge in [-0.15, -0.1) is 0 Å². The Morgan fingerprint density at radius 1 is 0.800 bits per heavy atom. The van der Waals surface area contributed by atoms with Crippen LogP contribution in [0.1, 0.15) is 49.4 Å². The number of carbonyl (C=O) groups excluding carboxylic acids is 1. The molecule has 1 saturated heterocycles. The topological polar surface area (TPSA) is 130 Å². The van der Waals surface area contributed by atoms with Crippen molar-refractivity contribution in [1.29, 1.82) is 5.26 Å². The number of nitrogens with two attached hydrogens (primary N) is 1. The molecule has 0 atom stereocenters. The molecule has 0 aliphatic carbocycles. The molecule has 0 bridgehead atoms. The number of aromatic nitrogens is 5. The number of aldehydes is 1. The Morgan fingerprint density at radius 2 is 1.52 bits per heavy atom. The molecule has 0 amide bonds. The standard InChI is InChI=1S/C29H29N7.C7H4N2O.2C2H6/c1-34-16-18-35(19-17-34)20-21-9-11-23(12-10-21)36-28(24-8-5-15-31-27(24)30)33-26-14-13-25(32-29(26)36)22-6-3-2-4-7-22;8-4-6-2-1-3-7(5-10)9-6;2*1-2/h2-15H,16-20H2,1H3,(H2,30,31);1-3,5H;2*1-2H3. The monoisotopic (exact) mass is 667 g/mol. The number of benzene rings is 2. The van der Waals surface area contributed by atoms with Crippen molar-refractivity contribution in [2.24, 2.45) is 0 Å². The molecule has 7 rings (SSSR count). The number of hydrogen-bond donors (Lipinski definition) is 1. The van der Waals surface area contributed by atoms with Crippen LogP contribution in [-0.4, -0.2) is 73.8 Å². The zero-order chi connectivity index (χ0) is 35.9. The Labute approximate surface area is 294 Å². The molecule has 1 aliphatic heterocycles. The third-order valence-corrected chi connectivity index (χ3v) is 7.86. The van der Waals surface area contributed by atoms with Crippen LogP contribution in [0.25, 0.3) is 39.5 Å². The number of nitriles is 1. The zero-order valence-corrected chi connectivity index (χ0v) is 29.5. The van der Waals surface area contributed by atoms with Gasteiger partial charge in [0, 0.05) is 50.2 Å². The van der Waals surface area contributed by atoms with Crippen molar-refractivity contribution < 1.29 is 4.79 Å². The van der Waals surface area contributed by atoms with E-state index in [4.69, 9.17) is 21.0 Å². The summed E-state index contributed by atoms with van der Waals surface area (Å²) < 4.78 is 2.09. The highest BCUT2D eigenvalue weighted by atomic mass is 16.1. The van der Waals surface area contributed by atoms with E-state index in [1.807, 2.05) is 76.2 Å². The van der Waals surface area contributed by atoms with Crippen LogP contribution in [0.4, 0.5) is 5.82 Å². The number of fused-ring (bicyclic) bond motifs is 1. The van der Waals surface area contributed by atoms with Gasteiger partial charge in [-0.2, -0.15) is 5.26 Å². The van der Waals surface area contributed by atoms with Gasteiger partial charge in [-0.3, -0.25) is 14.3 Å². The third-order valence-electron chi connectivity index (χ3n) is 7.86. The molecule has 6 aromatic rings. The molecular formula is C40H45N9O. The maximum atomic E-state index is 10.1. The first-order valence-electron chi connectivity index (χ1n) is 17.0. The van der Waals surface area contributed by atoms with Gasteiger partial charge in [-0.25, -0.2) is 19.9 Å². The summed E-state index contributed by atoms with van der Waals surface area (Å²) in [6.45, 7) is 13.4. The van der Waals surface area contributed by atoms with Crippen molar-refractivity contribution in [1.82, 2.24) is 34.3 Å². The number of imidazole rings is 1. The first-order valence-corrected chi connectivity index (χ1v) is 17.0. The molecule has 4 aromatic heterocycles. The molecule has 0 saturated carbocycles. The van der Waals surface area contributed by atoms with Gasteiger partial charge in [0.2, 0.25) is 0 Å². The predicted molar refractivity (Wildman–Crippen MR) is 202 cm³/mol.